The van der Waals surface area contributed by atoms with Crippen LogP contribution < -0.4 is 4.90 Å². The number of hydrogen-bond donors (Lipinski definition) is 0. The average Bonchev–Trinajstić information content (AvgIpc) is 3.28. The maximum absolute atomic E-state index is 2.41. The van der Waals surface area contributed by atoms with Crippen molar-refractivity contribution in [2.45, 2.75) is 0 Å². The molecular weight excluding hydrogens is 663 g/mol. The van der Waals surface area contributed by atoms with Crippen LogP contribution in [0.25, 0.3) is 66.8 Å². The second-order valence-electron chi connectivity index (χ2n) is 13.7. The van der Waals surface area contributed by atoms with Crippen molar-refractivity contribution < 1.29 is 0 Å². The standard InChI is InChI=1S/C54H39N/c1-4-19-40(20-5-1)44-25-18-26-46(39-44)55(45-37-35-43(36-38-45)48-28-11-10-27-47(48)41-21-6-2-7-22-41)54-34-17-16-33-53(54)52-32-15-14-31-51(52)50-30-13-12-29-49(50)42-23-8-3-9-24-42/h1-39H. The minimum absolute atomic E-state index is 1.08. The van der Waals surface area contributed by atoms with Crippen molar-refractivity contribution in [1.29, 1.82) is 0 Å². The molecule has 0 aliphatic carbocycles. The van der Waals surface area contributed by atoms with Gasteiger partial charge >= 0.3 is 0 Å². The number of para-hydroxylation sites is 1. The third-order valence-electron chi connectivity index (χ3n) is 10.3. The molecule has 0 aliphatic rings. The molecule has 0 saturated heterocycles. The first-order valence-corrected chi connectivity index (χ1v) is 18.9. The first-order chi connectivity index (χ1) is 27.3. The zero-order valence-corrected chi connectivity index (χ0v) is 30.5. The van der Waals surface area contributed by atoms with Crippen LogP contribution in [-0.2, 0) is 0 Å². The predicted octanol–water partition coefficient (Wildman–Crippen LogP) is 15.2. The topological polar surface area (TPSA) is 3.24 Å². The Balaban J connectivity index is 1.21. The van der Waals surface area contributed by atoms with Crippen molar-refractivity contribution in [3.63, 3.8) is 0 Å². The molecule has 0 unspecified atom stereocenters. The number of benzene rings is 9. The van der Waals surface area contributed by atoms with E-state index in [1.54, 1.807) is 0 Å². The molecule has 0 bridgehead atoms. The molecular formula is C54H39N. The minimum Gasteiger partial charge on any atom is -0.310 e. The Morgan fingerprint density at radius 3 is 1.11 bits per heavy atom. The van der Waals surface area contributed by atoms with Gasteiger partial charge in [0.1, 0.15) is 0 Å². The molecule has 0 heterocycles. The fourth-order valence-corrected chi connectivity index (χ4v) is 7.71. The summed E-state index contributed by atoms with van der Waals surface area (Å²) in [7, 11) is 0. The molecule has 0 aromatic heterocycles. The van der Waals surface area contributed by atoms with Gasteiger partial charge in [-0.3, -0.25) is 0 Å². The van der Waals surface area contributed by atoms with Gasteiger partial charge in [0.25, 0.3) is 0 Å². The monoisotopic (exact) mass is 701 g/mol. The van der Waals surface area contributed by atoms with Gasteiger partial charge < -0.3 is 4.90 Å². The zero-order valence-electron chi connectivity index (χ0n) is 30.5. The van der Waals surface area contributed by atoms with Gasteiger partial charge in [0, 0.05) is 16.9 Å². The quantitative estimate of drug-likeness (QED) is 0.145. The van der Waals surface area contributed by atoms with E-state index in [4.69, 9.17) is 0 Å². The summed E-state index contributed by atoms with van der Waals surface area (Å²) >= 11 is 0. The molecule has 9 rings (SSSR count). The molecule has 55 heavy (non-hydrogen) atoms. The van der Waals surface area contributed by atoms with Gasteiger partial charge in [0.05, 0.1) is 5.69 Å². The summed E-state index contributed by atoms with van der Waals surface area (Å²) in [5, 5.41) is 0. The molecule has 0 radical (unpaired) electrons. The van der Waals surface area contributed by atoms with E-state index in [1.165, 1.54) is 61.2 Å². The van der Waals surface area contributed by atoms with Crippen molar-refractivity contribution in [2.75, 3.05) is 4.90 Å². The van der Waals surface area contributed by atoms with Gasteiger partial charge in [0.15, 0.2) is 0 Å². The van der Waals surface area contributed by atoms with Crippen LogP contribution in [-0.4, -0.2) is 0 Å². The van der Waals surface area contributed by atoms with Crippen molar-refractivity contribution in [3.8, 4) is 66.8 Å². The molecule has 0 fully saturated rings. The summed E-state index contributed by atoms with van der Waals surface area (Å²) in [4.78, 5) is 2.41. The maximum atomic E-state index is 2.41. The van der Waals surface area contributed by atoms with E-state index < -0.39 is 0 Å². The van der Waals surface area contributed by atoms with Crippen LogP contribution in [0.5, 0.6) is 0 Å². The first-order valence-electron chi connectivity index (χ1n) is 18.9. The molecule has 0 amide bonds. The SMILES string of the molecule is c1ccc(-c2cccc(N(c3ccc(-c4ccccc4-c4ccccc4)cc3)c3ccccc3-c3ccccc3-c3ccccc3-c3ccccc3)c2)cc1. The highest BCUT2D eigenvalue weighted by Crippen LogP contribution is 2.46. The third kappa shape index (κ3) is 6.88. The summed E-state index contributed by atoms with van der Waals surface area (Å²) in [6.07, 6.45) is 0. The minimum atomic E-state index is 1.08. The lowest BCUT2D eigenvalue weighted by Gasteiger charge is -2.29. The molecule has 260 valence electrons. The van der Waals surface area contributed by atoms with Crippen molar-refractivity contribution in [2.24, 2.45) is 0 Å². The molecule has 0 saturated carbocycles. The Hall–Kier alpha value is -7.22. The van der Waals surface area contributed by atoms with Crippen molar-refractivity contribution in [3.05, 3.63) is 237 Å². The van der Waals surface area contributed by atoms with E-state index >= 15 is 0 Å². The van der Waals surface area contributed by atoms with E-state index in [1.807, 2.05) is 0 Å². The van der Waals surface area contributed by atoms with Crippen LogP contribution in [0.1, 0.15) is 0 Å². The lowest BCUT2D eigenvalue weighted by molar-refractivity contribution is 1.28. The van der Waals surface area contributed by atoms with Crippen molar-refractivity contribution in [1.82, 2.24) is 0 Å². The highest BCUT2D eigenvalue weighted by Gasteiger charge is 2.21. The maximum Gasteiger partial charge on any atom is 0.0540 e. The Labute approximate surface area is 324 Å². The molecule has 0 aliphatic heterocycles. The van der Waals surface area contributed by atoms with Gasteiger partial charge in [-0.25, -0.2) is 0 Å². The van der Waals surface area contributed by atoms with E-state index in [2.05, 4.69) is 241 Å². The van der Waals surface area contributed by atoms with Crippen LogP contribution in [0, 0.1) is 0 Å². The largest absolute Gasteiger partial charge is 0.310 e. The van der Waals surface area contributed by atoms with Gasteiger partial charge in [-0.05, 0) is 91.5 Å². The summed E-state index contributed by atoms with van der Waals surface area (Å²) in [6.45, 7) is 0. The summed E-state index contributed by atoms with van der Waals surface area (Å²) in [5.41, 5.74) is 17.6. The fraction of sp³-hybridized carbons (Fsp3) is 0. The number of anilines is 3. The molecule has 9 aromatic carbocycles. The molecule has 0 N–H and O–H groups in total. The molecule has 1 nitrogen and oxygen atoms in total. The van der Waals surface area contributed by atoms with E-state index in [9.17, 15) is 0 Å². The lowest BCUT2D eigenvalue weighted by atomic mass is 9.88. The summed E-state index contributed by atoms with van der Waals surface area (Å²) in [6, 6.07) is 85.0. The van der Waals surface area contributed by atoms with Gasteiger partial charge in [-0.2, -0.15) is 0 Å². The average molecular weight is 702 g/mol. The number of nitrogens with zero attached hydrogens (tertiary/aromatic N) is 1. The molecule has 1 heteroatoms. The molecule has 9 aromatic rings. The second-order valence-corrected chi connectivity index (χ2v) is 13.7. The predicted molar refractivity (Wildman–Crippen MR) is 234 cm³/mol. The lowest BCUT2D eigenvalue weighted by Crippen LogP contribution is -2.11. The Morgan fingerprint density at radius 1 is 0.200 bits per heavy atom. The van der Waals surface area contributed by atoms with Gasteiger partial charge in [0.2, 0.25) is 0 Å². The molecule has 0 atom stereocenters. The number of hydrogen-bond acceptors (Lipinski definition) is 1. The summed E-state index contributed by atoms with van der Waals surface area (Å²) < 4.78 is 0. The highest BCUT2D eigenvalue weighted by atomic mass is 15.1. The van der Waals surface area contributed by atoms with E-state index in [0.717, 1.165) is 22.6 Å². The van der Waals surface area contributed by atoms with Crippen LogP contribution >= 0.6 is 0 Å². The smallest absolute Gasteiger partial charge is 0.0540 e. The Kier molecular flexibility index (Phi) is 9.41. The second kappa shape index (κ2) is 15.4. The third-order valence-corrected chi connectivity index (χ3v) is 10.3. The highest BCUT2D eigenvalue weighted by molar-refractivity contribution is 5.97. The Bertz CT molecular complexity index is 2680. The Morgan fingerprint density at radius 2 is 0.564 bits per heavy atom. The van der Waals surface area contributed by atoms with Gasteiger partial charge in [-0.15, -0.1) is 0 Å². The van der Waals surface area contributed by atoms with Crippen LogP contribution in [0.3, 0.4) is 0 Å². The van der Waals surface area contributed by atoms with Crippen LogP contribution in [0.15, 0.2) is 237 Å². The van der Waals surface area contributed by atoms with Crippen LogP contribution in [0.4, 0.5) is 17.1 Å². The summed E-state index contributed by atoms with van der Waals surface area (Å²) in [5.74, 6) is 0. The fourth-order valence-electron chi connectivity index (χ4n) is 7.71. The zero-order chi connectivity index (χ0) is 36.8. The molecule has 0 spiro atoms. The first kappa shape index (κ1) is 33.6. The van der Waals surface area contributed by atoms with E-state index in [-0.39, 0.29) is 0 Å². The van der Waals surface area contributed by atoms with Crippen molar-refractivity contribution >= 4 is 17.1 Å². The van der Waals surface area contributed by atoms with E-state index in [0.29, 0.717) is 0 Å². The van der Waals surface area contributed by atoms with Crippen LogP contribution in [0.2, 0.25) is 0 Å². The normalized spacial score (nSPS) is 10.9. The van der Waals surface area contributed by atoms with Gasteiger partial charge in [-0.1, -0.05) is 206 Å². The number of rotatable bonds is 9.